The predicted octanol–water partition coefficient (Wildman–Crippen LogP) is 6.30. The number of aryl methyl sites for hydroxylation is 1. The van der Waals surface area contributed by atoms with Crippen LogP contribution in [0.2, 0.25) is 0 Å². The number of piperidine rings is 1. The Labute approximate surface area is 246 Å². The molecule has 4 heterocycles. The maximum Gasteiger partial charge on any atom is 0.337 e. The molecule has 1 spiro atoms. The summed E-state index contributed by atoms with van der Waals surface area (Å²) in [5.41, 5.74) is 3.60. The molecule has 8 nitrogen and oxygen atoms in total. The summed E-state index contributed by atoms with van der Waals surface area (Å²) < 4.78 is 31.4. The van der Waals surface area contributed by atoms with Gasteiger partial charge >= 0.3 is 5.97 Å². The van der Waals surface area contributed by atoms with Gasteiger partial charge in [0.2, 0.25) is 0 Å². The highest BCUT2D eigenvalue weighted by Gasteiger charge is 2.41. The smallest absolute Gasteiger partial charge is 0.337 e. The molecule has 0 unspecified atom stereocenters. The molecule has 2 fully saturated rings. The van der Waals surface area contributed by atoms with Gasteiger partial charge in [0, 0.05) is 49.1 Å². The molecule has 2 saturated heterocycles. The largest absolute Gasteiger partial charge is 0.492 e. The molecule has 42 heavy (non-hydrogen) atoms. The van der Waals surface area contributed by atoms with Gasteiger partial charge in [-0.2, -0.15) is 0 Å². The molecule has 1 aromatic carbocycles. The summed E-state index contributed by atoms with van der Waals surface area (Å²) in [6.45, 7) is 10.1. The van der Waals surface area contributed by atoms with E-state index in [1.807, 2.05) is 39.8 Å². The van der Waals surface area contributed by atoms with E-state index in [0.717, 1.165) is 62.2 Å². The number of ether oxygens (including phenoxy) is 3. The van der Waals surface area contributed by atoms with E-state index in [9.17, 15) is 14.3 Å². The Kier molecular flexibility index (Phi) is 8.80. The highest BCUT2D eigenvalue weighted by molar-refractivity contribution is 5.85. The Morgan fingerprint density at radius 3 is 2.43 bits per heavy atom. The van der Waals surface area contributed by atoms with Gasteiger partial charge in [0.15, 0.2) is 6.10 Å². The van der Waals surface area contributed by atoms with Crippen molar-refractivity contribution in [3.63, 3.8) is 0 Å². The number of hydrogen-bond acceptors (Lipinski definition) is 7. The fourth-order valence-corrected chi connectivity index (χ4v) is 5.89. The molecular weight excluding hydrogens is 537 g/mol. The summed E-state index contributed by atoms with van der Waals surface area (Å²) in [5, 5.41) is 10.3. The number of carbonyl (C=O) groups is 1. The zero-order valence-corrected chi connectivity index (χ0v) is 24.9. The number of hydrogen-bond donors (Lipinski definition) is 1. The van der Waals surface area contributed by atoms with Gasteiger partial charge in [-0.3, -0.25) is 9.97 Å². The van der Waals surface area contributed by atoms with Gasteiger partial charge in [-0.15, -0.1) is 0 Å². The molecule has 0 aliphatic carbocycles. The molecule has 0 radical (unpaired) electrons. The first-order chi connectivity index (χ1) is 20.0. The van der Waals surface area contributed by atoms with E-state index in [1.54, 1.807) is 24.5 Å². The molecule has 3 aromatic rings. The zero-order valence-electron chi connectivity index (χ0n) is 24.9. The number of anilines is 1. The molecule has 2 aliphatic rings. The number of aromatic nitrogens is 2. The van der Waals surface area contributed by atoms with Crippen molar-refractivity contribution in [1.82, 2.24) is 9.97 Å². The third-order valence-electron chi connectivity index (χ3n) is 8.01. The molecule has 9 heteroatoms. The van der Waals surface area contributed by atoms with Gasteiger partial charge < -0.3 is 24.2 Å². The second kappa shape index (κ2) is 12.4. The Morgan fingerprint density at radius 1 is 1.10 bits per heavy atom. The molecule has 1 N–H and O–H groups in total. The lowest BCUT2D eigenvalue weighted by atomic mass is 9.87. The summed E-state index contributed by atoms with van der Waals surface area (Å²) >= 11 is 0. The number of carboxylic acid groups (broad SMARTS) is 1. The number of pyridine rings is 2. The van der Waals surface area contributed by atoms with Crippen LogP contribution in [0.15, 0.2) is 48.8 Å². The summed E-state index contributed by atoms with van der Waals surface area (Å²) in [7, 11) is 0. The van der Waals surface area contributed by atoms with E-state index in [-0.39, 0.29) is 11.4 Å². The first-order valence-electron chi connectivity index (χ1n) is 14.7. The highest BCUT2D eigenvalue weighted by Crippen LogP contribution is 2.44. The molecule has 0 bridgehead atoms. The summed E-state index contributed by atoms with van der Waals surface area (Å²) in [6.07, 6.45) is 6.78. The molecule has 5 rings (SSSR count). The minimum Gasteiger partial charge on any atom is -0.492 e. The van der Waals surface area contributed by atoms with Crippen molar-refractivity contribution in [2.24, 2.45) is 0 Å². The lowest BCUT2D eigenvalue weighted by Crippen LogP contribution is -2.45. The minimum atomic E-state index is -1.19. The first kappa shape index (κ1) is 29.9. The van der Waals surface area contributed by atoms with Crippen LogP contribution in [0.1, 0.15) is 69.4 Å². The maximum atomic E-state index is 13.2. The Balaban J connectivity index is 1.45. The number of carboxylic acids is 1. The molecule has 224 valence electrons. The van der Waals surface area contributed by atoms with Crippen molar-refractivity contribution in [2.45, 2.75) is 77.1 Å². The number of aliphatic carboxylic acids is 1. The minimum absolute atomic E-state index is 0.0852. The maximum absolute atomic E-state index is 13.2. The number of benzene rings is 1. The Hall–Kier alpha value is -3.56. The molecule has 0 saturated carbocycles. The Bertz CT molecular complexity index is 1370. The van der Waals surface area contributed by atoms with E-state index in [4.69, 9.17) is 19.2 Å². The van der Waals surface area contributed by atoms with Crippen molar-refractivity contribution in [3.05, 3.63) is 71.4 Å². The molecule has 2 aliphatic heterocycles. The first-order valence-corrected chi connectivity index (χ1v) is 14.7. The van der Waals surface area contributed by atoms with Crippen LogP contribution < -0.4 is 9.64 Å². The van der Waals surface area contributed by atoms with Crippen LogP contribution in [-0.2, 0) is 20.7 Å². The van der Waals surface area contributed by atoms with E-state index in [1.165, 1.54) is 12.1 Å². The topological polar surface area (TPSA) is 94.0 Å². The molecule has 1 atom stereocenters. The number of halogens is 1. The number of rotatable bonds is 9. The fourth-order valence-electron chi connectivity index (χ4n) is 5.89. The van der Waals surface area contributed by atoms with Gasteiger partial charge in [-0.05, 0) is 83.2 Å². The van der Waals surface area contributed by atoms with Gasteiger partial charge in [0.25, 0.3) is 0 Å². The van der Waals surface area contributed by atoms with Gasteiger partial charge in [0.05, 0.1) is 35.4 Å². The average molecular weight is 578 g/mol. The SMILES string of the molecule is Cc1ncc(-c2ccc(OCCc3ccc(F)cc3)cn2)c(N2CCC3(CCCO3)CC2)c1[C@H](OC(C)(C)C)C(=O)O. The molecular formula is C33H40FN3O5. The van der Waals surface area contributed by atoms with Crippen molar-refractivity contribution in [2.75, 3.05) is 31.2 Å². The van der Waals surface area contributed by atoms with Crippen LogP contribution in [0, 0.1) is 12.7 Å². The lowest BCUT2D eigenvalue weighted by molar-refractivity contribution is -0.160. The predicted molar refractivity (Wildman–Crippen MR) is 158 cm³/mol. The van der Waals surface area contributed by atoms with Crippen LogP contribution >= 0.6 is 0 Å². The zero-order chi connectivity index (χ0) is 29.9. The standard InChI is InChI=1S/C33H40FN3O5/c1-22-28(30(31(38)39)42-32(2,3)4)29(37-16-14-33(15-17-37)13-5-18-41-33)26(21-35-22)27-11-10-25(20-36-27)40-19-12-23-6-8-24(34)9-7-23/h6-11,20-21,30H,5,12-19H2,1-4H3,(H,38,39)/t30-/m0/s1. The molecule has 0 amide bonds. The summed E-state index contributed by atoms with van der Waals surface area (Å²) in [4.78, 5) is 24.2. The van der Waals surface area contributed by atoms with Crippen LogP contribution in [0.4, 0.5) is 10.1 Å². The third kappa shape index (κ3) is 6.90. The van der Waals surface area contributed by atoms with Crippen molar-refractivity contribution >= 4 is 11.7 Å². The second-order valence-corrected chi connectivity index (χ2v) is 12.2. The summed E-state index contributed by atoms with van der Waals surface area (Å²) in [6, 6.07) is 10.1. The quantitative estimate of drug-likeness (QED) is 0.317. The monoisotopic (exact) mass is 577 g/mol. The van der Waals surface area contributed by atoms with Crippen molar-refractivity contribution in [1.29, 1.82) is 0 Å². The fraction of sp³-hybridized carbons (Fsp3) is 0.485. The second-order valence-electron chi connectivity index (χ2n) is 12.2. The van der Waals surface area contributed by atoms with Crippen LogP contribution in [0.25, 0.3) is 11.3 Å². The highest BCUT2D eigenvalue weighted by atomic mass is 19.1. The van der Waals surface area contributed by atoms with Crippen molar-refractivity contribution < 1.29 is 28.5 Å². The Morgan fingerprint density at radius 2 is 1.83 bits per heavy atom. The van der Waals surface area contributed by atoms with E-state index >= 15 is 0 Å². The van der Waals surface area contributed by atoms with Crippen LogP contribution in [-0.4, -0.2) is 58.5 Å². The van der Waals surface area contributed by atoms with Gasteiger partial charge in [-0.25, -0.2) is 9.18 Å². The van der Waals surface area contributed by atoms with Crippen LogP contribution in [0.3, 0.4) is 0 Å². The van der Waals surface area contributed by atoms with E-state index in [2.05, 4.69) is 9.88 Å². The van der Waals surface area contributed by atoms with E-state index in [0.29, 0.717) is 35.7 Å². The van der Waals surface area contributed by atoms with Crippen molar-refractivity contribution in [3.8, 4) is 17.0 Å². The normalized spacial score (nSPS) is 17.4. The summed E-state index contributed by atoms with van der Waals surface area (Å²) in [5.74, 6) is -0.706. The van der Waals surface area contributed by atoms with E-state index < -0.39 is 17.7 Å². The number of nitrogens with zero attached hydrogens (tertiary/aromatic N) is 3. The van der Waals surface area contributed by atoms with Crippen LogP contribution in [0.5, 0.6) is 5.75 Å². The average Bonchev–Trinajstić information content (AvgIpc) is 3.41. The van der Waals surface area contributed by atoms with Gasteiger partial charge in [-0.1, -0.05) is 12.1 Å². The lowest BCUT2D eigenvalue weighted by Gasteiger charge is -2.41. The molecule has 2 aromatic heterocycles. The third-order valence-corrected chi connectivity index (χ3v) is 8.01. The van der Waals surface area contributed by atoms with Gasteiger partial charge in [0.1, 0.15) is 11.6 Å².